The molecule has 0 saturated carbocycles. The third-order valence-electron chi connectivity index (χ3n) is 4.76. The number of ether oxygens (including phenoxy) is 1. The Bertz CT molecular complexity index is 1070. The summed E-state index contributed by atoms with van der Waals surface area (Å²) in [5, 5.41) is 3.21. The molecule has 0 spiro atoms. The Morgan fingerprint density at radius 1 is 0.938 bits per heavy atom. The maximum Gasteiger partial charge on any atom is 0.416 e. The summed E-state index contributed by atoms with van der Waals surface area (Å²) < 4.78 is 46.3. The van der Waals surface area contributed by atoms with Crippen molar-refractivity contribution in [2.75, 3.05) is 35.4 Å². The van der Waals surface area contributed by atoms with Crippen LogP contribution in [0, 0.1) is 0 Å². The molecule has 0 amide bonds. The molecule has 3 aromatic carbocycles. The van der Waals surface area contributed by atoms with Crippen LogP contribution in [0.4, 0.5) is 41.6 Å². The van der Waals surface area contributed by atoms with Gasteiger partial charge >= 0.3 is 12.1 Å². The number of benzene rings is 3. The second kappa shape index (κ2) is 9.86. The summed E-state index contributed by atoms with van der Waals surface area (Å²) >= 11 is 1.41. The summed E-state index contributed by atoms with van der Waals surface area (Å²) in [6, 6.07) is 17.6. The molecule has 168 valence electrons. The van der Waals surface area contributed by atoms with E-state index in [9.17, 15) is 18.0 Å². The lowest BCUT2D eigenvalue weighted by molar-refractivity contribution is -0.137. The Labute approximate surface area is 188 Å². The number of esters is 1. The van der Waals surface area contributed by atoms with Gasteiger partial charge in [0.25, 0.3) is 0 Å². The quantitative estimate of drug-likeness (QED) is 0.302. The van der Waals surface area contributed by atoms with Crippen molar-refractivity contribution in [1.82, 2.24) is 0 Å². The molecule has 0 saturated heterocycles. The number of carbonyl (C=O) groups is 1. The van der Waals surface area contributed by atoms with Crippen LogP contribution < -0.4 is 14.9 Å². The van der Waals surface area contributed by atoms with E-state index in [-0.39, 0.29) is 0 Å². The smallest absolute Gasteiger partial charge is 0.416 e. The lowest BCUT2D eigenvalue weighted by Crippen LogP contribution is -2.11. The van der Waals surface area contributed by atoms with Gasteiger partial charge in [0, 0.05) is 36.1 Å². The van der Waals surface area contributed by atoms with Gasteiger partial charge < -0.3 is 19.7 Å². The standard InChI is InChI=1S/C23H22F3N3O2S/c1-29(18-9-4-15(5-10-18)23(24,25)26)19-11-6-16(7-12-19)27-21-13-8-17(28-32-3)14-20(21)22(30)31-2/h4-14,27-28H,1-3H3. The van der Waals surface area contributed by atoms with E-state index in [0.29, 0.717) is 16.9 Å². The average Bonchev–Trinajstić information content (AvgIpc) is 2.79. The van der Waals surface area contributed by atoms with Gasteiger partial charge in [-0.1, -0.05) is 11.9 Å². The molecule has 0 atom stereocenters. The molecule has 32 heavy (non-hydrogen) atoms. The van der Waals surface area contributed by atoms with Crippen LogP contribution in [0.2, 0.25) is 0 Å². The van der Waals surface area contributed by atoms with Crippen LogP contribution >= 0.6 is 11.9 Å². The Kier molecular flexibility index (Phi) is 7.19. The van der Waals surface area contributed by atoms with Crippen molar-refractivity contribution in [2.45, 2.75) is 6.18 Å². The van der Waals surface area contributed by atoms with Gasteiger partial charge in [-0.3, -0.25) is 0 Å². The molecule has 0 fully saturated rings. The molecule has 3 aromatic rings. The first-order valence-corrected chi connectivity index (χ1v) is 10.7. The predicted molar refractivity (Wildman–Crippen MR) is 124 cm³/mol. The summed E-state index contributed by atoms with van der Waals surface area (Å²) in [4.78, 5) is 14.0. The zero-order valence-corrected chi connectivity index (χ0v) is 18.5. The third kappa shape index (κ3) is 5.47. The highest BCUT2D eigenvalue weighted by atomic mass is 32.2. The lowest BCUT2D eigenvalue weighted by Gasteiger charge is -2.21. The van der Waals surface area contributed by atoms with Gasteiger partial charge in [0.1, 0.15) is 0 Å². The van der Waals surface area contributed by atoms with Crippen LogP contribution in [0.3, 0.4) is 0 Å². The summed E-state index contributed by atoms with van der Waals surface area (Å²) in [6.07, 6.45) is -2.48. The van der Waals surface area contributed by atoms with Crippen molar-refractivity contribution in [3.8, 4) is 0 Å². The number of halogens is 3. The van der Waals surface area contributed by atoms with Gasteiger partial charge in [-0.15, -0.1) is 0 Å². The minimum Gasteiger partial charge on any atom is -0.465 e. The molecule has 0 aliphatic carbocycles. The molecule has 0 radical (unpaired) electrons. The maximum atomic E-state index is 12.8. The average molecular weight is 462 g/mol. The second-order valence-electron chi connectivity index (χ2n) is 6.83. The number of nitrogens with zero attached hydrogens (tertiary/aromatic N) is 1. The molecule has 0 bridgehead atoms. The molecule has 0 heterocycles. The van der Waals surface area contributed by atoms with Crippen LogP contribution in [0.1, 0.15) is 15.9 Å². The van der Waals surface area contributed by atoms with Crippen molar-refractivity contribution >= 4 is 46.4 Å². The van der Waals surface area contributed by atoms with Crippen molar-refractivity contribution in [3.05, 3.63) is 77.9 Å². The highest BCUT2D eigenvalue weighted by Gasteiger charge is 2.30. The molecular weight excluding hydrogens is 439 g/mol. The monoisotopic (exact) mass is 461 g/mol. The van der Waals surface area contributed by atoms with E-state index < -0.39 is 17.7 Å². The molecule has 5 nitrogen and oxygen atoms in total. The Balaban J connectivity index is 1.78. The number of hydrogen-bond donors (Lipinski definition) is 2. The normalized spacial score (nSPS) is 11.1. The molecule has 0 aliphatic heterocycles. The fraction of sp³-hybridized carbons (Fsp3) is 0.174. The Morgan fingerprint density at radius 3 is 2.03 bits per heavy atom. The number of alkyl halides is 3. The van der Waals surface area contributed by atoms with Gasteiger partial charge in [0.05, 0.1) is 23.9 Å². The van der Waals surface area contributed by atoms with E-state index >= 15 is 0 Å². The van der Waals surface area contributed by atoms with Crippen molar-refractivity contribution in [3.63, 3.8) is 0 Å². The molecule has 3 rings (SSSR count). The fourth-order valence-corrected chi connectivity index (χ4v) is 3.42. The summed E-state index contributed by atoms with van der Waals surface area (Å²) in [5.41, 5.74) is 3.23. The Morgan fingerprint density at radius 2 is 1.50 bits per heavy atom. The minimum absolute atomic E-state index is 0.387. The van der Waals surface area contributed by atoms with Crippen LogP contribution in [0.25, 0.3) is 0 Å². The first-order chi connectivity index (χ1) is 15.2. The van der Waals surface area contributed by atoms with Crippen molar-refractivity contribution in [2.24, 2.45) is 0 Å². The van der Waals surface area contributed by atoms with Crippen molar-refractivity contribution in [1.29, 1.82) is 0 Å². The number of methoxy groups -OCH3 is 1. The second-order valence-corrected chi connectivity index (χ2v) is 7.45. The van der Waals surface area contributed by atoms with Gasteiger partial charge in [-0.2, -0.15) is 13.2 Å². The summed E-state index contributed by atoms with van der Waals surface area (Å²) in [5.74, 6) is -0.462. The van der Waals surface area contributed by atoms with E-state index in [1.807, 2.05) is 36.6 Å². The molecule has 0 aliphatic rings. The number of anilines is 5. The van der Waals surface area contributed by atoms with E-state index in [4.69, 9.17) is 4.74 Å². The third-order valence-corrected chi connectivity index (χ3v) is 5.20. The van der Waals surface area contributed by atoms with Crippen LogP contribution in [0.15, 0.2) is 66.7 Å². The largest absolute Gasteiger partial charge is 0.465 e. The zero-order valence-electron chi connectivity index (χ0n) is 17.7. The first-order valence-electron chi connectivity index (χ1n) is 9.52. The SMILES string of the molecule is COC(=O)c1cc(NSC)ccc1Nc1ccc(N(C)c2ccc(C(F)(F)F)cc2)cc1. The summed E-state index contributed by atoms with van der Waals surface area (Å²) in [7, 11) is 3.10. The number of carbonyl (C=O) groups excluding carboxylic acids is 1. The van der Waals surface area contributed by atoms with Gasteiger partial charge in [-0.05, 0) is 66.7 Å². The number of nitrogens with one attached hydrogen (secondary N) is 2. The van der Waals surface area contributed by atoms with Gasteiger partial charge in [0.15, 0.2) is 0 Å². The van der Waals surface area contributed by atoms with Crippen LogP contribution in [-0.2, 0) is 10.9 Å². The van der Waals surface area contributed by atoms with E-state index in [1.165, 1.54) is 31.2 Å². The maximum absolute atomic E-state index is 12.8. The molecule has 9 heteroatoms. The zero-order chi connectivity index (χ0) is 23.3. The fourth-order valence-electron chi connectivity index (χ4n) is 3.06. The molecular formula is C23H22F3N3O2S. The van der Waals surface area contributed by atoms with Crippen LogP contribution in [-0.4, -0.2) is 26.4 Å². The highest BCUT2D eigenvalue weighted by Crippen LogP contribution is 2.32. The Hall–Kier alpha value is -3.33. The van der Waals surface area contributed by atoms with E-state index in [2.05, 4.69) is 10.0 Å². The van der Waals surface area contributed by atoms with E-state index in [0.717, 1.165) is 29.2 Å². The van der Waals surface area contributed by atoms with Crippen molar-refractivity contribution < 1.29 is 22.7 Å². The van der Waals surface area contributed by atoms with Gasteiger partial charge in [0.2, 0.25) is 0 Å². The van der Waals surface area contributed by atoms with Crippen LogP contribution in [0.5, 0.6) is 0 Å². The predicted octanol–water partition coefficient (Wildman–Crippen LogP) is 6.69. The van der Waals surface area contributed by atoms with E-state index in [1.54, 1.807) is 24.1 Å². The highest BCUT2D eigenvalue weighted by molar-refractivity contribution is 7.99. The summed E-state index contributed by atoms with van der Waals surface area (Å²) in [6.45, 7) is 0. The minimum atomic E-state index is -4.36. The molecule has 2 N–H and O–H groups in total. The first kappa shape index (κ1) is 23.3. The lowest BCUT2D eigenvalue weighted by atomic mass is 10.1. The molecule has 0 aromatic heterocycles. The molecule has 0 unspecified atom stereocenters. The van der Waals surface area contributed by atoms with Gasteiger partial charge in [-0.25, -0.2) is 4.79 Å². The topological polar surface area (TPSA) is 53.6 Å². The number of rotatable bonds is 7. The number of hydrogen-bond acceptors (Lipinski definition) is 6.